The van der Waals surface area contributed by atoms with E-state index < -0.39 is 0 Å². The van der Waals surface area contributed by atoms with Crippen molar-refractivity contribution >= 4 is 11.6 Å². The Morgan fingerprint density at radius 3 is 2.50 bits per heavy atom. The lowest BCUT2D eigenvalue weighted by molar-refractivity contribution is -0.111. The molecule has 0 unspecified atom stereocenters. The first-order valence-corrected chi connectivity index (χ1v) is 5.46. The van der Waals surface area contributed by atoms with E-state index in [2.05, 4.69) is 24.3 Å². The SMILES string of the molecule is CC=CC(=O)Nc1c(C)nn(C(C)C)c1C. The van der Waals surface area contributed by atoms with Crippen molar-refractivity contribution in [3.63, 3.8) is 0 Å². The molecule has 0 atom stereocenters. The highest BCUT2D eigenvalue weighted by atomic mass is 16.1. The lowest BCUT2D eigenvalue weighted by Gasteiger charge is -2.08. The van der Waals surface area contributed by atoms with Gasteiger partial charge in [-0.05, 0) is 40.7 Å². The van der Waals surface area contributed by atoms with Gasteiger partial charge >= 0.3 is 0 Å². The summed E-state index contributed by atoms with van der Waals surface area (Å²) in [6, 6.07) is 0.297. The van der Waals surface area contributed by atoms with Crippen LogP contribution in [0.15, 0.2) is 12.2 Å². The van der Waals surface area contributed by atoms with E-state index in [0.717, 1.165) is 17.1 Å². The molecule has 0 radical (unpaired) electrons. The van der Waals surface area contributed by atoms with Gasteiger partial charge in [0.2, 0.25) is 5.91 Å². The molecule has 4 heteroatoms. The Morgan fingerprint density at radius 2 is 2.06 bits per heavy atom. The predicted octanol–water partition coefficient (Wildman–Crippen LogP) is 2.60. The fourth-order valence-corrected chi connectivity index (χ4v) is 1.66. The quantitative estimate of drug-likeness (QED) is 0.797. The summed E-state index contributed by atoms with van der Waals surface area (Å²) >= 11 is 0. The largest absolute Gasteiger partial charge is 0.319 e. The molecule has 16 heavy (non-hydrogen) atoms. The maximum atomic E-state index is 11.5. The summed E-state index contributed by atoms with van der Waals surface area (Å²) in [6.45, 7) is 9.81. The van der Waals surface area contributed by atoms with E-state index in [9.17, 15) is 4.79 Å². The van der Waals surface area contributed by atoms with E-state index in [1.165, 1.54) is 6.08 Å². The third kappa shape index (κ3) is 2.51. The van der Waals surface area contributed by atoms with Crippen LogP contribution in [0.5, 0.6) is 0 Å². The van der Waals surface area contributed by atoms with Crippen LogP contribution in [0.25, 0.3) is 0 Å². The van der Waals surface area contributed by atoms with Crippen LogP contribution in [0.4, 0.5) is 5.69 Å². The third-order valence-corrected chi connectivity index (χ3v) is 2.38. The van der Waals surface area contributed by atoms with Gasteiger partial charge in [-0.15, -0.1) is 0 Å². The third-order valence-electron chi connectivity index (χ3n) is 2.38. The van der Waals surface area contributed by atoms with Gasteiger partial charge < -0.3 is 5.32 Å². The van der Waals surface area contributed by atoms with Crippen LogP contribution in [0.1, 0.15) is 38.2 Å². The highest BCUT2D eigenvalue weighted by Crippen LogP contribution is 2.22. The number of aryl methyl sites for hydroxylation is 1. The Labute approximate surface area is 96.3 Å². The minimum Gasteiger partial charge on any atom is -0.319 e. The van der Waals surface area contributed by atoms with Crippen LogP contribution in [0.3, 0.4) is 0 Å². The van der Waals surface area contributed by atoms with E-state index in [0.29, 0.717) is 6.04 Å². The summed E-state index contributed by atoms with van der Waals surface area (Å²) in [4.78, 5) is 11.5. The minimum atomic E-state index is -0.114. The van der Waals surface area contributed by atoms with E-state index >= 15 is 0 Å². The van der Waals surface area contributed by atoms with Crippen LogP contribution in [-0.2, 0) is 4.79 Å². The Morgan fingerprint density at radius 1 is 1.44 bits per heavy atom. The van der Waals surface area contributed by atoms with E-state index in [1.807, 2.05) is 25.5 Å². The van der Waals surface area contributed by atoms with Gasteiger partial charge in [0.05, 0.1) is 17.1 Å². The first-order valence-electron chi connectivity index (χ1n) is 5.46. The second kappa shape index (κ2) is 4.96. The summed E-state index contributed by atoms with van der Waals surface area (Å²) in [5.74, 6) is -0.114. The van der Waals surface area contributed by atoms with Gasteiger partial charge in [-0.2, -0.15) is 5.10 Å². The zero-order chi connectivity index (χ0) is 12.3. The second-order valence-electron chi connectivity index (χ2n) is 4.07. The maximum Gasteiger partial charge on any atom is 0.248 e. The molecule has 0 aliphatic carbocycles. The average molecular weight is 221 g/mol. The molecule has 88 valence electrons. The monoisotopic (exact) mass is 221 g/mol. The van der Waals surface area contributed by atoms with E-state index in [-0.39, 0.29) is 5.91 Å². The van der Waals surface area contributed by atoms with E-state index in [4.69, 9.17) is 0 Å². The van der Waals surface area contributed by atoms with Crippen molar-refractivity contribution in [1.82, 2.24) is 9.78 Å². The molecule has 1 N–H and O–H groups in total. The fraction of sp³-hybridized carbons (Fsp3) is 0.500. The van der Waals surface area contributed by atoms with Crippen molar-refractivity contribution in [3.8, 4) is 0 Å². The number of anilines is 1. The Hall–Kier alpha value is -1.58. The van der Waals surface area contributed by atoms with Crippen molar-refractivity contribution in [2.24, 2.45) is 0 Å². The lowest BCUT2D eigenvalue weighted by Crippen LogP contribution is -2.10. The molecule has 0 bridgehead atoms. The molecule has 0 saturated heterocycles. The molecular formula is C12H19N3O. The van der Waals surface area contributed by atoms with Gasteiger partial charge in [-0.3, -0.25) is 9.48 Å². The molecule has 1 amide bonds. The zero-order valence-corrected chi connectivity index (χ0v) is 10.5. The molecule has 1 rings (SSSR count). The van der Waals surface area contributed by atoms with Crippen molar-refractivity contribution in [2.75, 3.05) is 5.32 Å². The molecule has 0 saturated carbocycles. The number of allylic oxidation sites excluding steroid dienone is 1. The number of carbonyl (C=O) groups is 1. The molecular weight excluding hydrogens is 202 g/mol. The summed E-state index contributed by atoms with van der Waals surface area (Å²) in [7, 11) is 0. The molecule has 1 aromatic heterocycles. The van der Waals surface area contributed by atoms with Crippen molar-refractivity contribution in [3.05, 3.63) is 23.5 Å². The number of nitrogens with one attached hydrogen (secondary N) is 1. The summed E-state index contributed by atoms with van der Waals surface area (Å²) in [5, 5.41) is 7.25. The molecule has 4 nitrogen and oxygen atoms in total. The lowest BCUT2D eigenvalue weighted by atomic mass is 10.3. The Balaban J connectivity index is 3.01. The van der Waals surface area contributed by atoms with Crippen LogP contribution in [-0.4, -0.2) is 15.7 Å². The number of aromatic nitrogens is 2. The minimum absolute atomic E-state index is 0.114. The van der Waals surface area contributed by atoms with Crippen LogP contribution < -0.4 is 5.32 Å². The number of hydrogen-bond acceptors (Lipinski definition) is 2. The average Bonchev–Trinajstić information content (AvgIpc) is 2.46. The molecule has 0 spiro atoms. The Bertz CT molecular complexity index is 416. The second-order valence-corrected chi connectivity index (χ2v) is 4.07. The molecule has 0 aromatic carbocycles. The molecule has 1 heterocycles. The van der Waals surface area contributed by atoms with Gasteiger partial charge in [-0.1, -0.05) is 6.08 Å². The number of nitrogens with zero attached hydrogens (tertiary/aromatic N) is 2. The smallest absolute Gasteiger partial charge is 0.248 e. The highest BCUT2D eigenvalue weighted by Gasteiger charge is 2.14. The standard InChI is InChI=1S/C12H19N3O/c1-6-7-11(16)13-12-9(4)14-15(8(2)3)10(12)5/h6-8H,1-5H3,(H,13,16). The van der Waals surface area contributed by atoms with Crippen LogP contribution >= 0.6 is 0 Å². The van der Waals surface area contributed by atoms with E-state index in [1.54, 1.807) is 6.08 Å². The summed E-state index contributed by atoms with van der Waals surface area (Å²) in [6.07, 6.45) is 3.22. The number of hydrogen-bond donors (Lipinski definition) is 1. The van der Waals surface area contributed by atoms with Gasteiger partial charge in [0.25, 0.3) is 0 Å². The molecule has 0 aliphatic heterocycles. The number of amides is 1. The molecule has 0 aliphatic rings. The van der Waals surface area contributed by atoms with Crippen molar-refractivity contribution in [1.29, 1.82) is 0 Å². The first-order chi connectivity index (χ1) is 7.47. The van der Waals surface area contributed by atoms with Gasteiger partial charge in [0.15, 0.2) is 0 Å². The topological polar surface area (TPSA) is 46.9 Å². The summed E-state index contributed by atoms with van der Waals surface area (Å²) in [5.41, 5.74) is 2.66. The van der Waals surface area contributed by atoms with Gasteiger partial charge in [0.1, 0.15) is 0 Å². The number of rotatable bonds is 3. The van der Waals surface area contributed by atoms with Crippen LogP contribution in [0, 0.1) is 13.8 Å². The maximum absolute atomic E-state index is 11.5. The first kappa shape index (κ1) is 12.5. The predicted molar refractivity (Wildman–Crippen MR) is 65.5 cm³/mol. The normalized spacial score (nSPS) is 11.4. The fourth-order valence-electron chi connectivity index (χ4n) is 1.66. The van der Waals surface area contributed by atoms with Crippen LogP contribution in [0.2, 0.25) is 0 Å². The van der Waals surface area contributed by atoms with Gasteiger partial charge in [-0.25, -0.2) is 0 Å². The highest BCUT2D eigenvalue weighted by molar-refractivity contribution is 5.99. The van der Waals surface area contributed by atoms with Crippen molar-refractivity contribution in [2.45, 2.75) is 40.7 Å². The zero-order valence-electron chi connectivity index (χ0n) is 10.5. The van der Waals surface area contributed by atoms with Gasteiger partial charge in [0, 0.05) is 6.04 Å². The molecule has 0 fully saturated rings. The van der Waals surface area contributed by atoms with Crippen molar-refractivity contribution < 1.29 is 4.79 Å². The molecule has 1 aromatic rings. The summed E-state index contributed by atoms with van der Waals surface area (Å²) < 4.78 is 1.92. The number of carbonyl (C=O) groups excluding carboxylic acids is 1. The Kier molecular flexibility index (Phi) is 3.88.